The number of carbonyl (C=O) groups excluding carboxylic acids is 1. The van der Waals surface area contributed by atoms with Gasteiger partial charge in [-0.25, -0.2) is 9.53 Å². The van der Waals surface area contributed by atoms with Crippen LogP contribution in [0.5, 0.6) is 0 Å². The van der Waals surface area contributed by atoms with Gasteiger partial charge in [0.2, 0.25) is 0 Å². The summed E-state index contributed by atoms with van der Waals surface area (Å²) in [5, 5.41) is 0. The van der Waals surface area contributed by atoms with E-state index >= 15 is 0 Å². The molecule has 5 heteroatoms. The number of benzene rings is 1. The standard InChI is InChI=1S/C16H20N2O3/c1-4-5-11-17(2)15(19)13-14(18(3)21-16(13)20)12-9-7-6-8-10-12/h6-10H,4-5,11H2,1-3H3. The molecule has 1 heterocycles. The van der Waals surface area contributed by atoms with Gasteiger partial charge in [0.25, 0.3) is 5.91 Å². The SMILES string of the molecule is CCCCN(C)C(=O)c1c(-c2ccccc2)n(C)oc1=O. The fourth-order valence-corrected chi connectivity index (χ4v) is 2.27. The summed E-state index contributed by atoms with van der Waals surface area (Å²) in [5.41, 5.74) is 0.819. The molecule has 0 N–H and O–H groups in total. The summed E-state index contributed by atoms with van der Waals surface area (Å²) in [6, 6.07) is 9.32. The van der Waals surface area contributed by atoms with Gasteiger partial charge in [0.15, 0.2) is 5.56 Å². The largest absolute Gasteiger partial charge is 0.370 e. The number of aromatic nitrogens is 1. The molecule has 0 aliphatic carbocycles. The highest BCUT2D eigenvalue weighted by Crippen LogP contribution is 2.22. The number of hydrogen-bond donors (Lipinski definition) is 0. The summed E-state index contributed by atoms with van der Waals surface area (Å²) in [4.78, 5) is 26.1. The Kier molecular flexibility index (Phi) is 4.62. The third-order valence-corrected chi connectivity index (χ3v) is 3.43. The first-order chi connectivity index (χ1) is 10.1. The Morgan fingerprint density at radius 2 is 1.95 bits per heavy atom. The summed E-state index contributed by atoms with van der Waals surface area (Å²) in [6.45, 7) is 2.68. The molecule has 0 radical (unpaired) electrons. The van der Waals surface area contributed by atoms with Gasteiger partial charge in [0, 0.05) is 26.2 Å². The average molecular weight is 288 g/mol. The number of hydrogen-bond acceptors (Lipinski definition) is 3. The molecule has 21 heavy (non-hydrogen) atoms. The van der Waals surface area contributed by atoms with Crippen molar-refractivity contribution in [3.8, 4) is 11.3 Å². The normalized spacial score (nSPS) is 10.6. The van der Waals surface area contributed by atoms with E-state index in [1.807, 2.05) is 30.3 Å². The van der Waals surface area contributed by atoms with Gasteiger partial charge < -0.3 is 9.42 Å². The second-order valence-electron chi connectivity index (χ2n) is 5.05. The Bertz CT molecular complexity index is 671. The van der Waals surface area contributed by atoms with Crippen molar-refractivity contribution in [2.24, 2.45) is 7.05 Å². The summed E-state index contributed by atoms with van der Waals surface area (Å²) >= 11 is 0. The zero-order chi connectivity index (χ0) is 15.4. The van der Waals surface area contributed by atoms with Gasteiger partial charge in [-0.3, -0.25) is 4.79 Å². The quantitative estimate of drug-likeness (QED) is 0.849. The molecule has 0 saturated carbocycles. The van der Waals surface area contributed by atoms with Crippen LogP contribution in [0.1, 0.15) is 30.1 Å². The first-order valence-corrected chi connectivity index (χ1v) is 7.07. The molecule has 0 spiro atoms. The Morgan fingerprint density at radius 3 is 2.57 bits per heavy atom. The van der Waals surface area contributed by atoms with Crippen LogP contribution in [0.15, 0.2) is 39.6 Å². The minimum absolute atomic E-state index is 0.0994. The topological polar surface area (TPSA) is 55.5 Å². The molecular formula is C16H20N2O3. The number of carbonyl (C=O) groups is 1. The molecule has 1 aromatic heterocycles. The lowest BCUT2D eigenvalue weighted by Gasteiger charge is -2.16. The van der Waals surface area contributed by atoms with E-state index in [1.165, 1.54) is 4.74 Å². The van der Waals surface area contributed by atoms with Gasteiger partial charge in [-0.1, -0.05) is 43.7 Å². The molecule has 112 valence electrons. The lowest BCUT2D eigenvalue weighted by Crippen LogP contribution is -2.30. The predicted octanol–water partition coefficient (Wildman–Crippen LogP) is 2.52. The smallest absolute Gasteiger partial charge is 0.341 e. The Morgan fingerprint density at radius 1 is 1.29 bits per heavy atom. The van der Waals surface area contributed by atoms with Crippen molar-refractivity contribution in [3.63, 3.8) is 0 Å². The molecule has 0 atom stereocenters. The lowest BCUT2D eigenvalue weighted by molar-refractivity contribution is 0.0791. The number of aryl methyl sites for hydroxylation is 1. The highest BCUT2D eigenvalue weighted by Gasteiger charge is 2.25. The zero-order valence-electron chi connectivity index (χ0n) is 12.6. The highest BCUT2D eigenvalue weighted by atomic mass is 16.5. The Labute approximate surface area is 123 Å². The third kappa shape index (κ3) is 3.07. The van der Waals surface area contributed by atoms with E-state index < -0.39 is 5.63 Å². The van der Waals surface area contributed by atoms with Crippen LogP contribution in [-0.4, -0.2) is 29.1 Å². The van der Waals surface area contributed by atoms with Crippen molar-refractivity contribution >= 4 is 5.91 Å². The van der Waals surface area contributed by atoms with Crippen LogP contribution in [0.4, 0.5) is 0 Å². The molecule has 0 aliphatic rings. The average Bonchev–Trinajstić information content (AvgIpc) is 2.79. The maximum Gasteiger partial charge on any atom is 0.370 e. The number of rotatable bonds is 5. The van der Waals surface area contributed by atoms with Crippen LogP contribution in [0.2, 0.25) is 0 Å². The fourth-order valence-electron chi connectivity index (χ4n) is 2.27. The monoisotopic (exact) mass is 288 g/mol. The minimum atomic E-state index is -0.593. The van der Waals surface area contributed by atoms with Crippen LogP contribution < -0.4 is 5.63 Å². The van der Waals surface area contributed by atoms with Crippen LogP contribution in [0, 0.1) is 0 Å². The molecule has 2 rings (SSSR count). The van der Waals surface area contributed by atoms with Crippen LogP contribution in [-0.2, 0) is 7.05 Å². The maximum absolute atomic E-state index is 12.5. The summed E-state index contributed by atoms with van der Waals surface area (Å²) in [5.74, 6) is -0.295. The highest BCUT2D eigenvalue weighted by molar-refractivity contribution is 5.99. The molecule has 0 saturated heterocycles. The second kappa shape index (κ2) is 6.43. The van der Waals surface area contributed by atoms with Gasteiger partial charge >= 0.3 is 5.63 Å². The van der Waals surface area contributed by atoms with Crippen molar-refractivity contribution < 1.29 is 9.32 Å². The molecule has 0 fully saturated rings. The van der Waals surface area contributed by atoms with E-state index in [0.717, 1.165) is 18.4 Å². The molecule has 0 unspecified atom stereocenters. The molecule has 0 aliphatic heterocycles. The van der Waals surface area contributed by atoms with Gasteiger partial charge in [0.1, 0.15) is 5.69 Å². The second-order valence-corrected chi connectivity index (χ2v) is 5.05. The minimum Gasteiger partial charge on any atom is -0.341 e. The number of amides is 1. The van der Waals surface area contributed by atoms with Crippen molar-refractivity contribution in [2.45, 2.75) is 19.8 Å². The Balaban J connectivity index is 2.45. The molecule has 1 amide bonds. The first-order valence-electron chi connectivity index (χ1n) is 7.07. The van der Waals surface area contributed by atoms with Gasteiger partial charge in [-0.2, -0.15) is 0 Å². The zero-order valence-corrected chi connectivity index (χ0v) is 12.6. The van der Waals surface area contributed by atoms with Gasteiger partial charge in [0.05, 0.1) is 0 Å². The van der Waals surface area contributed by atoms with E-state index in [2.05, 4.69) is 6.92 Å². The van der Waals surface area contributed by atoms with Crippen molar-refractivity contribution in [2.75, 3.05) is 13.6 Å². The lowest BCUT2D eigenvalue weighted by atomic mass is 10.1. The van der Waals surface area contributed by atoms with Crippen LogP contribution >= 0.6 is 0 Å². The first kappa shape index (κ1) is 15.1. The maximum atomic E-state index is 12.5. The molecule has 5 nitrogen and oxygen atoms in total. The molecule has 1 aromatic carbocycles. The fraction of sp³-hybridized carbons (Fsp3) is 0.375. The van der Waals surface area contributed by atoms with E-state index in [0.29, 0.717) is 12.2 Å². The Hall–Kier alpha value is -2.30. The van der Waals surface area contributed by atoms with Gasteiger partial charge in [-0.05, 0) is 6.42 Å². The molecule has 2 aromatic rings. The van der Waals surface area contributed by atoms with Crippen molar-refractivity contribution in [3.05, 3.63) is 46.3 Å². The van der Waals surface area contributed by atoms with Crippen LogP contribution in [0.25, 0.3) is 11.3 Å². The van der Waals surface area contributed by atoms with E-state index in [1.54, 1.807) is 19.0 Å². The molecular weight excluding hydrogens is 268 g/mol. The van der Waals surface area contributed by atoms with Crippen molar-refractivity contribution in [1.82, 2.24) is 9.64 Å². The third-order valence-electron chi connectivity index (χ3n) is 3.43. The number of nitrogens with zero attached hydrogens (tertiary/aromatic N) is 2. The predicted molar refractivity (Wildman–Crippen MR) is 81.3 cm³/mol. The molecule has 0 bridgehead atoms. The van der Waals surface area contributed by atoms with E-state index in [-0.39, 0.29) is 11.5 Å². The van der Waals surface area contributed by atoms with Crippen LogP contribution in [0.3, 0.4) is 0 Å². The number of unbranched alkanes of at least 4 members (excludes halogenated alkanes) is 1. The summed E-state index contributed by atoms with van der Waals surface area (Å²) in [6.07, 6.45) is 1.90. The van der Waals surface area contributed by atoms with E-state index in [9.17, 15) is 9.59 Å². The summed E-state index contributed by atoms with van der Waals surface area (Å²) in [7, 11) is 3.34. The van der Waals surface area contributed by atoms with Crippen molar-refractivity contribution in [1.29, 1.82) is 0 Å². The summed E-state index contributed by atoms with van der Waals surface area (Å²) < 4.78 is 6.45. The van der Waals surface area contributed by atoms with E-state index in [4.69, 9.17) is 4.52 Å². The van der Waals surface area contributed by atoms with Gasteiger partial charge in [-0.15, -0.1) is 0 Å².